The highest BCUT2D eigenvalue weighted by Gasteiger charge is 2.44. The predicted octanol–water partition coefficient (Wildman–Crippen LogP) is 1.37. The van der Waals surface area contributed by atoms with Crippen LogP contribution in [0.25, 0.3) is 0 Å². The van der Waals surface area contributed by atoms with Gasteiger partial charge in [-0.2, -0.15) is 0 Å². The fraction of sp³-hybridized carbons (Fsp3) is 0.714. The molecule has 2 aliphatic heterocycles. The molecular formula is C7H8O3S2. The SMILES string of the molecule is O=C1CC2(CCSS2)CC(=O)O1. The van der Waals surface area contributed by atoms with Crippen LogP contribution in [0, 0.1) is 0 Å². The number of rotatable bonds is 0. The Bertz CT molecular complexity index is 215. The lowest BCUT2D eigenvalue weighted by Crippen LogP contribution is -2.36. The minimum atomic E-state index is -0.360. The van der Waals surface area contributed by atoms with Crippen LogP contribution < -0.4 is 0 Å². The molecule has 2 saturated heterocycles. The van der Waals surface area contributed by atoms with Crippen LogP contribution in [-0.2, 0) is 14.3 Å². The molecule has 2 heterocycles. The lowest BCUT2D eigenvalue weighted by Gasteiger charge is -2.28. The number of hydrogen-bond acceptors (Lipinski definition) is 5. The molecule has 0 N–H and O–H groups in total. The van der Waals surface area contributed by atoms with Crippen molar-refractivity contribution in [2.24, 2.45) is 0 Å². The Morgan fingerprint density at radius 2 is 1.92 bits per heavy atom. The van der Waals surface area contributed by atoms with Crippen molar-refractivity contribution in [2.75, 3.05) is 5.75 Å². The molecule has 0 aromatic rings. The third kappa shape index (κ3) is 1.47. The fourth-order valence-electron chi connectivity index (χ4n) is 1.46. The van der Waals surface area contributed by atoms with Crippen molar-refractivity contribution < 1.29 is 14.3 Å². The van der Waals surface area contributed by atoms with Crippen LogP contribution in [0.2, 0.25) is 0 Å². The Morgan fingerprint density at radius 1 is 1.25 bits per heavy atom. The van der Waals surface area contributed by atoms with Crippen molar-refractivity contribution in [3.8, 4) is 0 Å². The van der Waals surface area contributed by atoms with E-state index in [4.69, 9.17) is 0 Å². The summed E-state index contributed by atoms with van der Waals surface area (Å²) in [5.74, 6) is 0.313. The van der Waals surface area contributed by atoms with Gasteiger partial charge >= 0.3 is 11.9 Å². The van der Waals surface area contributed by atoms with E-state index in [1.165, 1.54) is 0 Å². The van der Waals surface area contributed by atoms with Crippen LogP contribution in [-0.4, -0.2) is 22.4 Å². The summed E-state index contributed by atoms with van der Waals surface area (Å²) in [6.07, 6.45) is 1.75. The average molecular weight is 204 g/mol. The Hall–Kier alpha value is -0.160. The number of ether oxygens (including phenoxy) is 1. The van der Waals surface area contributed by atoms with Gasteiger partial charge in [-0.1, -0.05) is 21.6 Å². The summed E-state index contributed by atoms with van der Waals surface area (Å²) in [5.41, 5.74) is 0. The van der Waals surface area contributed by atoms with Crippen molar-refractivity contribution in [1.29, 1.82) is 0 Å². The second kappa shape index (κ2) is 2.96. The van der Waals surface area contributed by atoms with Crippen molar-refractivity contribution >= 4 is 33.5 Å². The van der Waals surface area contributed by atoms with Gasteiger partial charge in [-0.25, -0.2) is 0 Å². The third-order valence-corrected chi connectivity index (χ3v) is 5.29. The number of hydrogen-bond donors (Lipinski definition) is 0. The van der Waals surface area contributed by atoms with Crippen molar-refractivity contribution in [1.82, 2.24) is 0 Å². The third-order valence-electron chi connectivity index (χ3n) is 2.04. The molecule has 12 heavy (non-hydrogen) atoms. The molecule has 5 heteroatoms. The van der Waals surface area contributed by atoms with Crippen molar-refractivity contribution in [3.05, 3.63) is 0 Å². The summed E-state index contributed by atoms with van der Waals surface area (Å²) in [5, 5.41) is 0. The molecule has 0 aromatic carbocycles. The molecule has 66 valence electrons. The number of cyclic esters (lactones) is 2. The minimum Gasteiger partial charge on any atom is -0.393 e. The average Bonchev–Trinajstić information content (AvgIpc) is 2.33. The Kier molecular flexibility index (Phi) is 2.08. The van der Waals surface area contributed by atoms with Gasteiger partial charge < -0.3 is 4.74 Å². The summed E-state index contributed by atoms with van der Waals surface area (Å²) >= 11 is 0. The second-order valence-electron chi connectivity index (χ2n) is 3.04. The number of carbonyl (C=O) groups excluding carboxylic acids is 2. The van der Waals surface area contributed by atoms with Crippen molar-refractivity contribution in [3.63, 3.8) is 0 Å². The lowest BCUT2D eigenvalue weighted by atomic mass is 9.95. The maximum absolute atomic E-state index is 11.0. The molecule has 0 amide bonds. The Labute approximate surface area is 78.0 Å². The highest BCUT2D eigenvalue weighted by atomic mass is 33.1. The van der Waals surface area contributed by atoms with Crippen LogP contribution in [0.5, 0.6) is 0 Å². The first-order valence-electron chi connectivity index (χ1n) is 3.74. The first-order chi connectivity index (χ1) is 5.70. The van der Waals surface area contributed by atoms with Crippen LogP contribution in [0.1, 0.15) is 19.3 Å². The first-order valence-corrected chi connectivity index (χ1v) is 6.06. The number of esters is 2. The van der Waals surface area contributed by atoms with E-state index in [1.807, 2.05) is 0 Å². The highest BCUT2D eigenvalue weighted by molar-refractivity contribution is 8.77. The van der Waals surface area contributed by atoms with E-state index in [0.29, 0.717) is 12.8 Å². The molecular weight excluding hydrogens is 196 g/mol. The molecule has 2 aliphatic rings. The van der Waals surface area contributed by atoms with E-state index >= 15 is 0 Å². The first kappa shape index (κ1) is 8.44. The summed E-state index contributed by atoms with van der Waals surface area (Å²) < 4.78 is 4.34. The lowest BCUT2D eigenvalue weighted by molar-refractivity contribution is -0.164. The molecule has 0 radical (unpaired) electrons. The summed E-state index contributed by atoms with van der Waals surface area (Å²) in [6, 6.07) is 0. The quantitative estimate of drug-likeness (QED) is 0.339. The van der Waals surface area contributed by atoms with Gasteiger partial charge in [0.1, 0.15) is 0 Å². The summed E-state index contributed by atoms with van der Waals surface area (Å²) in [7, 11) is 3.41. The maximum Gasteiger partial charge on any atom is 0.314 e. The van der Waals surface area contributed by atoms with Crippen LogP contribution in [0.4, 0.5) is 0 Å². The molecule has 3 nitrogen and oxygen atoms in total. The molecule has 2 rings (SSSR count). The van der Waals surface area contributed by atoms with E-state index in [2.05, 4.69) is 4.74 Å². The van der Waals surface area contributed by atoms with Gasteiger partial charge in [0.15, 0.2) is 0 Å². The molecule has 0 aliphatic carbocycles. The maximum atomic E-state index is 11.0. The van der Waals surface area contributed by atoms with E-state index in [1.54, 1.807) is 21.6 Å². The zero-order valence-corrected chi connectivity index (χ0v) is 8.00. The summed E-state index contributed by atoms with van der Waals surface area (Å²) in [6.45, 7) is 0. The second-order valence-corrected chi connectivity index (χ2v) is 5.92. The molecule has 0 atom stereocenters. The van der Waals surface area contributed by atoms with E-state index in [9.17, 15) is 9.59 Å². The van der Waals surface area contributed by atoms with Crippen molar-refractivity contribution in [2.45, 2.75) is 24.0 Å². The van der Waals surface area contributed by atoms with Crippen LogP contribution in [0.3, 0.4) is 0 Å². The van der Waals surface area contributed by atoms with Gasteiger partial charge in [-0.05, 0) is 6.42 Å². The van der Waals surface area contributed by atoms with Crippen LogP contribution >= 0.6 is 21.6 Å². The van der Waals surface area contributed by atoms with Gasteiger partial charge in [0.25, 0.3) is 0 Å². The van der Waals surface area contributed by atoms with E-state index < -0.39 is 0 Å². The minimum absolute atomic E-state index is 0.128. The van der Waals surface area contributed by atoms with Gasteiger partial charge in [0.2, 0.25) is 0 Å². The van der Waals surface area contributed by atoms with Crippen LogP contribution in [0.15, 0.2) is 0 Å². The van der Waals surface area contributed by atoms with E-state index in [0.717, 1.165) is 12.2 Å². The monoisotopic (exact) mass is 204 g/mol. The number of carbonyl (C=O) groups is 2. The topological polar surface area (TPSA) is 43.4 Å². The molecule has 2 fully saturated rings. The molecule has 0 saturated carbocycles. The molecule has 0 unspecified atom stereocenters. The fourth-order valence-corrected chi connectivity index (χ4v) is 4.79. The zero-order valence-electron chi connectivity index (χ0n) is 6.37. The largest absolute Gasteiger partial charge is 0.393 e. The molecule has 0 bridgehead atoms. The Morgan fingerprint density at radius 3 is 2.42 bits per heavy atom. The van der Waals surface area contributed by atoms with Gasteiger partial charge in [-0.3, -0.25) is 9.59 Å². The Balaban J connectivity index is 2.14. The molecule has 0 aromatic heterocycles. The standard InChI is InChI=1S/C7H8O3S2/c8-5-3-7(1-2-11-12-7)4-6(9)10-5/h1-4H2. The normalized spacial score (nSPS) is 27.7. The van der Waals surface area contributed by atoms with Gasteiger partial charge in [-0.15, -0.1) is 0 Å². The van der Waals surface area contributed by atoms with Gasteiger partial charge in [0, 0.05) is 10.5 Å². The summed E-state index contributed by atoms with van der Waals surface area (Å²) in [4.78, 5) is 21.9. The smallest absolute Gasteiger partial charge is 0.314 e. The van der Waals surface area contributed by atoms with Gasteiger partial charge in [0.05, 0.1) is 12.8 Å². The predicted molar refractivity (Wildman–Crippen MR) is 47.7 cm³/mol. The zero-order chi connectivity index (χ0) is 8.60. The van der Waals surface area contributed by atoms with E-state index in [-0.39, 0.29) is 16.7 Å². The highest BCUT2D eigenvalue weighted by Crippen LogP contribution is 2.52. The molecule has 1 spiro atoms.